The lowest BCUT2D eigenvalue weighted by atomic mass is 9.97. The monoisotopic (exact) mass is 741 g/mol. The zero-order valence-electron chi connectivity index (χ0n) is 30.3. The topological polar surface area (TPSA) is 84.1 Å². The second-order valence-corrected chi connectivity index (χ2v) is 14.5. The minimum Gasteiger partial charge on any atom is -0.481 e. The number of nitrogens with zero attached hydrogens (tertiary/aromatic N) is 4. The number of benzene rings is 6. The summed E-state index contributed by atoms with van der Waals surface area (Å²) in [4.78, 5) is 19.9. The average Bonchev–Trinajstić information content (AvgIpc) is 3.83. The van der Waals surface area contributed by atoms with E-state index >= 15 is 0 Å². The molecule has 56 heavy (non-hydrogen) atoms. The van der Waals surface area contributed by atoms with Crippen molar-refractivity contribution in [2.45, 2.75) is 12.1 Å². The number of rotatable bonds is 10. The SMILES string of the molecule is C=C/C=C\C(=C)C(=N)C1Oc2ccccc2C1N=Cc1ccc(-c2ccc3c(c2)sc2c(-c4nc(-c5ccccc5)nc(-c5ccccc5)n4)cccc23)cc1. The lowest BCUT2D eigenvalue weighted by Gasteiger charge is -2.17. The van der Waals surface area contributed by atoms with Crippen molar-refractivity contribution in [1.29, 1.82) is 5.41 Å². The lowest BCUT2D eigenvalue weighted by molar-refractivity contribution is 0.276. The molecule has 6 aromatic carbocycles. The molecule has 0 amide bonds. The van der Waals surface area contributed by atoms with E-state index in [-0.39, 0.29) is 6.04 Å². The largest absolute Gasteiger partial charge is 0.481 e. The first-order valence-corrected chi connectivity index (χ1v) is 19.1. The Morgan fingerprint density at radius 1 is 0.679 bits per heavy atom. The van der Waals surface area contributed by atoms with Crippen LogP contribution in [0.1, 0.15) is 17.2 Å². The summed E-state index contributed by atoms with van der Waals surface area (Å²) in [6, 6.07) is 49.1. The van der Waals surface area contributed by atoms with Crippen molar-refractivity contribution < 1.29 is 4.74 Å². The van der Waals surface area contributed by atoms with Crippen LogP contribution < -0.4 is 4.74 Å². The maximum atomic E-state index is 8.82. The van der Waals surface area contributed by atoms with Crippen molar-refractivity contribution in [3.63, 3.8) is 0 Å². The molecule has 1 N–H and O–H groups in total. The van der Waals surface area contributed by atoms with Crippen LogP contribution in [0.2, 0.25) is 0 Å². The van der Waals surface area contributed by atoms with Gasteiger partial charge in [0, 0.05) is 48.6 Å². The van der Waals surface area contributed by atoms with Crippen LogP contribution in [0.25, 0.3) is 65.5 Å². The van der Waals surface area contributed by atoms with Gasteiger partial charge >= 0.3 is 0 Å². The van der Waals surface area contributed by atoms with Crippen LogP contribution in [0.5, 0.6) is 5.75 Å². The fourth-order valence-corrected chi connectivity index (χ4v) is 8.29. The molecule has 3 heterocycles. The lowest BCUT2D eigenvalue weighted by Crippen LogP contribution is -2.28. The Morgan fingerprint density at radius 3 is 2.05 bits per heavy atom. The predicted octanol–water partition coefficient (Wildman–Crippen LogP) is 12.1. The maximum absolute atomic E-state index is 8.82. The summed E-state index contributed by atoms with van der Waals surface area (Å²) in [5.41, 5.74) is 7.89. The highest BCUT2D eigenvalue weighted by atomic mass is 32.1. The second kappa shape index (κ2) is 15.0. The van der Waals surface area contributed by atoms with E-state index in [0.29, 0.717) is 28.8 Å². The van der Waals surface area contributed by atoms with Gasteiger partial charge in [-0.2, -0.15) is 0 Å². The number of allylic oxidation sites excluding steroid dienone is 3. The van der Waals surface area contributed by atoms with E-state index in [9.17, 15) is 0 Å². The van der Waals surface area contributed by atoms with Gasteiger partial charge in [-0.25, -0.2) is 15.0 Å². The minimum absolute atomic E-state index is 0.294. The molecule has 2 unspecified atom stereocenters. The van der Waals surface area contributed by atoms with Gasteiger partial charge in [-0.3, -0.25) is 4.99 Å². The third-order valence-electron chi connectivity index (χ3n) is 9.91. The van der Waals surface area contributed by atoms with Crippen molar-refractivity contribution in [2.75, 3.05) is 0 Å². The molecule has 268 valence electrons. The number of fused-ring (bicyclic) bond motifs is 4. The quantitative estimate of drug-likeness (QED) is 0.112. The summed E-state index contributed by atoms with van der Waals surface area (Å²) in [5.74, 6) is 2.68. The number of aromatic nitrogens is 3. The second-order valence-electron chi connectivity index (χ2n) is 13.5. The van der Waals surface area contributed by atoms with Crippen LogP contribution in [-0.2, 0) is 0 Å². The maximum Gasteiger partial charge on any atom is 0.167 e. The number of hydrogen-bond donors (Lipinski definition) is 1. The highest BCUT2D eigenvalue weighted by Crippen LogP contribution is 2.42. The van der Waals surface area contributed by atoms with Gasteiger partial charge in [-0.1, -0.05) is 159 Å². The first-order valence-electron chi connectivity index (χ1n) is 18.3. The predicted molar refractivity (Wildman–Crippen MR) is 232 cm³/mol. The van der Waals surface area contributed by atoms with E-state index in [0.717, 1.165) is 49.4 Å². The van der Waals surface area contributed by atoms with Gasteiger partial charge in [0.2, 0.25) is 0 Å². The molecule has 2 atom stereocenters. The van der Waals surface area contributed by atoms with Crippen LogP contribution >= 0.6 is 11.3 Å². The molecular formula is C49H35N5OS. The standard InChI is InChI=1S/C49H35N5OS/c1-3-4-14-31(2)43(50)45-44(39-19-11-12-22-41(39)55-45)51-30-32-23-25-33(26-24-32)36-27-28-37-38-20-13-21-40(46(38)56-42(37)29-36)49-53-47(34-15-7-5-8-16-34)52-48(54-49)35-17-9-6-10-18-35/h3-30,44-45,50H,1-2H2/b14-4-,50-43?,51-30?. The number of thiophene rings is 1. The molecule has 2 aromatic heterocycles. The number of para-hydroxylation sites is 1. The van der Waals surface area contributed by atoms with Gasteiger partial charge in [-0.15, -0.1) is 11.3 Å². The number of aliphatic imine (C=N–C) groups is 1. The van der Waals surface area contributed by atoms with Crippen LogP contribution in [0.4, 0.5) is 0 Å². The smallest absolute Gasteiger partial charge is 0.167 e. The van der Waals surface area contributed by atoms with Gasteiger partial charge in [0.25, 0.3) is 0 Å². The molecular weight excluding hydrogens is 707 g/mol. The Balaban J connectivity index is 1.02. The highest BCUT2D eigenvalue weighted by molar-refractivity contribution is 7.26. The summed E-state index contributed by atoms with van der Waals surface area (Å²) in [6.45, 7) is 7.79. The molecule has 0 bridgehead atoms. The average molecular weight is 742 g/mol. The normalized spacial score (nSPS) is 15.0. The molecule has 0 spiro atoms. The summed E-state index contributed by atoms with van der Waals surface area (Å²) in [5, 5.41) is 11.2. The van der Waals surface area contributed by atoms with Crippen molar-refractivity contribution in [3.8, 4) is 51.0 Å². The van der Waals surface area contributed by atoms with Gasteiger partial charge in [0.15, 0.2) is 23.6 Å². The number of hydrogen-bond acceptors (Lipinski definition) is 7. The van der Waals surface area contributed by atoms with Gasteiger partial charge in [-0.05, 0) is 40.5 Å². The van der Waals surface area contributed by atoms with Crippen LogP contribution in [0, 0.1) is 5.41 Å². The first-order chi connectivity index (χ1) is 27.5. The third-order valence-corrected chi connectivity index (χ3v) is 11.1. The Bertz CT molecular complexity index is 2780. The van der Waals surface area contributed by atoms with Crippen molar-refractivity contribution in [3.05, 3.63) is 194 Å². The Hall–Kier alpha value is -7.09. The van der Waals surface area contributed by atoms with Crippen molar-refractivity contribution in [1.82, 2.24) is 15.0 Å². The van der Waals surface area contributed by atoms with Crippen molar-refractivity contribution in [2.24, 2.45) is 4.99 Å². The van der Waals surface area contributed by atoms with E-state index in [1.807, 2.05) is 91.1 Å². The fraction of sp³-hybridized carbons (Fsp3) is 0.0408. The molecule has 0 saturated carbocycles. The molecule has 9 rings (SSSR count). The summed E-state index contributed by atoms with van der Waals surface area (Å²) >= 11 is 1.76. The van der Waals surface area contributed by atoms with Crippen LogP contribution in [-0.4, -0.2) is 33.0 Å². The minimum atomic E-state index is -0.569. The van der Waals surface area contributed by atoms with E-state index in [1.165, 1.54) is 15.5 Å². The van der Waals surface area contributed by atoms with Crippen molar-refractivity contribution >= 4 is 43.4 Å². The van der Waals surface area contributed by atoms with Crippen LogP contribution in [0.15, 0.2) is 188 Å². The Morgan fingerprint density at radius 2 is 1.34 bits per heavy atom. The van der Waals surface area contributed by atoms with E-state index < -0.39 is 6.10 Å². The fourth-order valence-electron chi connectivity index (χ4n) is 7.04. The molecule has 0 aliphatic carbocycles. The van der Waals surface area contributed by atoms with E-state index in [4.69, 9.17) is 30.1 Å². The molecule has 0 fully saturated rings. The molecule has 6 nitrogen and oxygen atoms in total. The Kier molecular flexibility index (Phi) is 9.27. The van der Waals surface area contributed by atoms with Crippen LogP contribution in [0.3, 0.4) is 0 Å². The Labute approximate surface area is 329 Å². The molecule has 1 aliphatic rings. The molecule has 0 radical (unpaired) electrons. The van der Waals surface area contributed by atoms with Gasteiger partial charge in [0.05, 0.1) is 5.71 Å². The highest BCUT2D eigenvalue weighted by Gasteiger charge is 2.37. The molecule has 8 aromatic rings. The van der Waals surface area contributed by atoms with Gasteiger partial charge < -0.3 is 10.1 Å². The zero-order valence-corrected chi connectivity index (χ0v) is 31.2. The third kappa shape index (κ3) is 6.65. The zero-order chi connectivity index (χ0) is 38.0. The summed E-state index contributed by atoms with van der Waals surface area (Å²) < 4.78 is 8.54. The number of ether oxygens (including phenoxy) is 1. The first kappa shape index (κ1) is 34.7. The molecule has 1 aliphatic heterocycles. The summed E-state index contributed by atoms with van der Waals surface area (Å²) in [6.07, 6.45) is 6.51. The number of nitrogens with one attached hydrogen (secondary N) is 1. The molecule has 7 heteroatoms. The van der Waals surface area contributed by atoms with E-state index in [1.54, 1.807) is 29.6 Å². The van der Waals surface area contributed by atoms with Gasteiger partial charge in [0.1, 0.15) is 11.8 Å². The van der Waals surface area contributed by atoms with E-state index in [2.05, 4.69) is 73.8 Å². The molecule has 0 saturated heterocycles. The summed E-state index contributed by atoms with van der Waals surface area (Å²) in [7, 11) is 0.